The topological polar surface area (TPSA) is 43.4 Å². The molecule has 1 aliphatic carbocycles. The summed E-state index contributed by atoms with van der Waals surface area (Å²) in [5.74, 6) is -0.591. The molecule has 0 saturated heterocycles. The summed E-state index contributed by atoms with van der Waals surface area (Å²) in [7, 11) is 0. The van der Waals surface area contributed by atoms with Crippen LogP contribution in [0.2, 0.25) is 0 Å². The highest BCUT2D eigenvalue weighted by atomic mass is 32.2. The van der Waals surface area contributed by atoms with Crippen molar-refractivity contribution in [2.45, 2.75) is 31.6 Å². The Kier molecular flexibility index (Phi) is 5.24. The molecule has 0 aromatic heterocycles. The second-order valence-corrected chi connectivity index (χ2v) is 6.68. The molecule has 116 valence electrons. The summed E-state index contributed by atoms with van der Waals surface area (Å²) in [6.07, 6.45) is 2.69. The third-order valence-corrected chi connectivity index (χ3v) is 5.14. The quantitative estimate of drug-likeness (QED) is 0.465. The number of benzene rings is 1. The van der Waals surface area contributed by atoms with Gasteiger partial charge in [-0.3, -0.25) is 9.59 Å². The molecule has 1 aromatic carbocycles. The molecule has 0 saturated carbocycles. The Labute approximate surface area is 135 Å². The predicted octanol–water partition coefficient (Wildman–Crippen LogP) is 4.15. The molecule has 0 spiro atoms. The summed E-state index contributed by atoms with van der Waals surface area (Å²) in [6, 6.07) is 9.94. The molecule has 0 heterocycles. The zero-order valence-electron chi connectivity index (χ0n) is 12.9. The Morgan fingerprint density at radius 2 is 2.09 bits per heavy atom. The summed E-state index contributed by atoms with van der Waals surface area (Å²) in [5.41, 5.74) is -0.411. The van der Waals surface area contributed by atoms with Gasteiger partial charge in [0, 0.05) is 10.5 Å². The standard InChI is InChI=1S/C18H20O3S/c1-4-12-21-17(20)18(3)11-10-15(13(2)16(18)19)22-14-8-6-5-7-9-14/h4-9H,1,10-12H2,2-3H3. The maximum Gasteiger partial charge on any atom is 0.320 e. The zero-order chi connectivity index (χ0) is 16.2. The molecule has 0 amide bonds. The molecular formula is C18H20O3S. The fourth-order valence-electron chi connectivity index (χ4n) is 2.45. The first kappa shape index (κ1) is 16.6. The van der Waals surface area contributed by atoms with Crippen LogP contribution in [0.1, 0.15) is 26.7 Å². The number of thioether (sulfide) groups is 1. The largest absolute Gasteiger partial charge is 0.461 e. The third-order valence-electron chi connectivity index (χ3n) is 3.88. The van der Waals surface area contributed by atoms with Gasteiger partial charge in [0.2, 0.25) is 0 Å². The number of allylic oxidation sites excluding steroid dienone is 2. The summed E-state index contributed by atoms with van der Waals surface area (Å²) in [6.45, 7) is 7.13. The van der Waals surface area contributed by atoms with E-state index in [-0.39, 0.29) is 12.4 Å². The van der Waals surface area contributed by atoms with Crippen LogP contribution in [-0.2, 0) is 14.3 Å². The zero-order valence-corrected chi connectivity index (χ0v) is 13.7. The summed E-state index contributed by atoms with van der Waals surface area (Å²) >= 11 is 1.60. The smallest absolute Gasteiger partial charge is 0.320 e. The fraction of sp³-hybridized carbons (Fsp3) is 0.333. The molecule has 22 heavy (non-hydrogen) atoms. The maximum absolute atomic E-state index is 12.7. The van der Waals surface area contributed by atoms with Crippen molar-refractivity contribution in [3.8, 4) is 0 Å². The lowest BCUT2D eigenvalue weighted by Crippen LogP contribution is -2.41. The lowest BCUT2D eigenvalue weighted by Gasteiger charge is -2.31. The number of ether oxygens (including phenoxy) is 1. The number of rotatable bonds is 5. The molecule has 3 nitrogen and oxygen atoms in total. The lowest BCUT2D eigenvalue weighted by atomic mass is 9.74. The molecule has 0 bridgehead atoms. The van der Waals surface area contributed by atoms with E-state index >= 15 is 0 Å². The molecule has 1 aliphatic rings. The van der Waals surface area contributed by atoms with Gasteiger partial charge >= 0.3 is 5.97 Å². The highest BCUT2D eigenvalue weighted by molar-refractivity contribution is 8.03. The Bertz CT molecular complexity index is 618. The number of hydrogen-bond acceptors (Lipinski definition) is 4. The minimum absolute atomic E-state index is 0.133. The van der Waals surface area contributed by atoms with Gasteiger partial charge in [-0.25, -0.2) is 0 Å². The van der Waals surface area contributed by atoms with Crippen molar-refractivity contribution < 1.29 is 14.3 Å². The van der Waals surface area contributed by atoms with Crippen molar-refractivity contribution in [2.75, 3.05) is 6.61 Å². The van der Waals surface area contributed by atoms with Gasteiger partial charge in [0.05, 0.1) is 0 Å². The number of carbonyl (C=O) groups excluding carboxylic acids is 2. The van der Waals surface area contributed by atoms with E-state index in [9.17, 15) is 9.59 Å². The van der Waals surface area contributed by atoms with E-state index in [1.54, 1.807) is 25.6 Å². The average Bonchev–Trinajstić information content (AvgIpc) is 2.54. The number of carbonyl (C=O) groups is 2. The number of hydrogen-bond donors (Lipinski definition) is 0. The van der Waals surface area contributed by atoms with Crippen molar-refractivity contribution in [3.05, 3.63) is 53.5 Å². The second kappa shape index (κ2) is 6.97. The monoisotopic (exact) mass is 316 g/mol. The minimum atomic E-state index is -1.08. The van der Waals surface area contributed by atoms with Crippen LogP contribution in [-0.4, -0.2) is 18.4 Å². The Morgan fingerprint density at radius 1 is 1.41 bits per heavy atom. The maximum atomic E-state index is 12.7. The van der Waals surface area contributed by atoms with Crippen molar-refractivity contribution in [2.24, 2.45) is 5.41 Å². The molecule has 0 aliphatic heterocycles. The van der Waals surface area contributed by atoms with Crippen molar-refractivity contribution in [3.63, 3.8) is 0 Å². The highest BCUT2D eigenvalue weighted by Crippen LogP contribution is 2.43. The van der Waals surface area contributed by atoms with Gasteiger partial charge in [-0.05, 0) is 43.7 Å². The van der Waals surface area contributed by atoms with Crippen LogP contribution in [0.3, 0.4) is 0 Å². The lowest BCUT2D eigenvalue weighted by molar-refractivity contribution is -0.158. The van der Waals surface area contributed by atoms with E-state index < -0.39 is 11.4 Å². The summed E-state index contributed by atoms with van der Waals surface area (Å²) in [4.78, 5) is 27.0. The fourth-order valence-corrected chi connectivity index (χ4v) is 3.48. The molecule has 0 radical (unpaired) electrons. The molecular weight excluding hydrogens is 296 g/mol. The van der Waals surface area contributed by atoms with Crippen LogP contribution in [0.4, 0.5) is 0 Å². The van der Waals surface area contributed by atoms with E-state index in [0.717, 1.165) is 9.80 Å². The van der Waals surface area contributed by atoms with E-state index in [4.69, 9.17) is 4.74 Å². The number of Topliss-reactive ketones (excluding diaryl/α,β-unsaturated/α-hetero) is 1. The third kappa shape index (κ3) is 3.33. The first-order valence-electron chi connectivity index (χ1n) is 7.24. The van der Waals surface area contributed by atoms with Crippen molar-refractivity contribution >= 4 is 23.5 Å². The van der Waals surface area contributed by atoms with Crippen LogP contribution in [0.15, 0.2) is 58.4 Å². The molecule has 0 N–H and O–H groups in total. The predicted molar refractivity (Wildman–Crippen MR) is 88.5 cm³/mol. The molecule has 1 aromatic rings. The van der Waals surface area contributed by atoms with E-state index in [0.29, 0.717) is 18.4 Å². The first-order chi connectivity index (χ1) is 10.5. The molecule has 0 fully saturated rings. The summed E-state index contributed by atoms with van der Waals surface area (Å²) < 4.78 is 5.10. The van der Waals surface area contributed by atoms with Gasteiger partial charge in [-0.2, -0.15) is 0 Å². The van der Waals surface area contributed by atoms with E-state index in [1.807, 2.05) is 30.3 Å². The normalized spacial score (nSPS) is 21.6. The van der Waals surface area contributed by atoms with E-state index in [1.165, 1.54) is 6.08 Å². The number of esters is 1. The molecule has 2 rings (SSSR count). The van der Waals surface area contributed by atoms with E-state index in [2.05, 4.69) is 6.58 Å². The van der Waals surface area contributed by atoms with Crippen LogP contribution in [0, 0.1) is 5.41 Å². The van der Waals surface area contributed by atoms with Crippen LogP contribution >= 0.6 is 11.8 Å². The van der Waals surface area contributed by atoms with Crippen LogP contribution < -0.4 is 0 Å². The molecule has 4 heteroatoms. The minimum Gasteiger partial charge on any atom is -0.461 e. The van der Waals surface area contributed by atoms with Gasteiger partial charge in [0.15, 0.2) is 5.78 Å². The molecule has 1 atom stereocenters. The summed E-state index contributed by atoms with van der Waals surface area (Å²) in [5, 5.41) is 0. The second-order valence-electron chi connectivity index (χ2n) is 5.51. The Balaban J connectivity index is 2.19. The first-order valence-corrected chi connectivity index (χ1v) is 8.06. The highest BCUT2D eigenvalue weighted by Gasteiger charge is 2.45. The van der Waals surface area contributed by atoms with Gasteiger partial charge in [0.25, 0.3) is 0 Å². The average molecular weight is 316 g/mol. The van der Waals surface area contributed by atoms with Gasteiger partial charge in [-0.1, -0.05) is 42.6 Å². The van der Waals surface area contributed by atoms with Gasteiger partial charge in [0.1, 0.15) is 12.0 Å². The van der Waals surface area contributed by atoms with Gasteiger partial charge < -0.3 is 4.74 Å². The Morgan fingerprint density at radius 3 is 2.73 bits per heavy atom. The van der Waals surface area contributed by atoms with Crippen LogP contribution in [0.25, 0.3) is 0 Å². The van der Waals surface area contributed by atoms with Crippen molar-refractivity contribution in [1.29, 1.82) is 0 Å². The SMILES string of the molecule is C=CCOC(=O)C1(C)CCC(Sc2ccccc2)=C(C)C1=O. The van der Waals surface area contributed by atoms with Crippen LogP contribution in [0.5, 0.6) is 0 Å². The molecule has 1 unspecified atom stereocenters. The van der Waals surface area contributed by atoms with Crippen molar-refractivity contribution in [1.82, 2.24) is 0 Å². The Hall–Kier alpha value is -1.81. The van der Waals surface area contributed by atoms with Gasteiger partial charge in [-0.15, -0.1) is 0 Å². The number of ketones is 1.